The number of aromatic nitrogens is 2. The van der Waals surface area contributed by atoms with Gasteiger partial charge in [0.15, 0.2) is 0 Å². The molecule has 29 heavy (non-hydrogen) atoms. The van der Waals surface area contributed by atoms with Gasteiger partial charge in [-0.1, -0.05) is 26.2 Å². The average molecular weight is 423 g/mol. The van der Waals surface area contributed by atoms with Crippen LogP contribution in [0.3, 0.4) is 0 Å². The summed E-state index contributed by atoms with van der Waals surface area (Å²) in [5.74, 6) is -1.50. The van der Waals surface area contributed by atoms with Crippen molar-refractivity contribution in [3.05, 3.63) is 41.5 Å². The lowest BCUT2D eigenvalue weighted by atomic mass is 10.0. The van der Waals surface area contributed by atoms with Crippen molar-refractivity contribution < 1.29 is 17.6 Å². The van der Waals surface area contributed by atoms with Gasteiger partial charge in [0, 0.05) is 18.3 Å². The Labute approximate surface area is 170 Å². The van der Waals surface area contributed by atoms with Crippen molar-refractivity contribution in [2.75, 3.05) is 0 Å². The van der Waals surface area contributed by atoms with E-state index in [1.807, 2.05) is 13.1 Å². The summed E-state index contributed by atoms with van der Waals surface area (Å²) >= 11 is 0. The number of amides is 1. The average Bonchev–Trinajstić information content (AvgIpc) is 3.18. The van der Waals surface area contributed by atoms with Gasteiger partial charge in [-0.2, -0.15) is 5.10 Å². The van der Waals surface area contributed by atoms with E-state index in [9.17, 15) is 17.6 Å². The molecule has 1 saturated carbocycles. The maximum Gasteiger partial charge on any atom is 0.269 e. The molecular weight excluding hydrogens is 395 g/mol. The van der Waals surface area contributed by atoms with Crippen LogP contribution in [0.5, 0.6) is 0 Å². The van der Waals surface area contributed by atoms with Gasteiger partial charge < -0.3 is 0 Å². The van der Waals surface area contributed by atoms with Gasteiger partial charge in [-0.05, 0) is 49.4 Å². The molecule has 1 aliphatic rings. The van der Waals surface area contributed by atoms with Crippen LogP contribution in [0.25, 0.3) is 11.1 Å². The first-order valence-electron chi connectivity index (χ1n) is 9.95. The van der Waals surface area contributed by atoms with Crippen molar-refractivity contribution in [2.24, 2.45) is 0 Å². The molecule has 1 fully saturated rings. The van der Waals surface area contributed by atoms with Crippen LogP contribution in [0.2, 0.25) is 0 Å². The molecule has 158 valence electrons. The highest BCUT2D eigenvalue weighted by molar-refractivity contribution is 7.90. The monoisotopic (exact) mass is 422 g/mol. The molecule has 9 heteroatoms. The standard InChI is InChI=1S/C20H27FN4O3S/c1-3-9-25-13-16(12-22-25)15-10-14(2)19(21)18(11-15)20(26)23-24-29(27,28)17-7-5-4-6-8-17/h10-13,17,24H,3-9H2,1-2H3,(H,23,26). The Morgan fingerprint density at radius 1 is 1.24 bits per heavy atom. The molecule has 0 spiro atoms. The van der Waals surface area contributed by atoms with Crippen LogP contribution >= 0.6 is 0 Å². The van der Waals surface area contributed by atoms with Gasteiger partial charge in [0.2, 0.25) is 10.0 Å². The van der Waals surface area contributed by atoms with Gasteiger partial charge >= 0.3 is 0 Å². The van der Waals surface area contributed by atoms with E-state index < -0.39 is 27.0 Å². The fraction of sp³-hybridized carbons (Fsp3) is 0.500. The third kappa shape index (κ3) is 5.02. The normalized spacial score (nSPS) is 15.4. The van der Waals surface area contributed by atoms with E-state index in [1.54, 1.807) is 23.9 Å². The number of benzene rings is 1. The Morgan fingerprint density at radius 2 is 1.97 bits per heavy atom. The van der Waals surface area contributed by atoms with Gasteiger partial charge in [-0.25, -0.2) is 12.8 Å². The summed E-state index contributed by atoms with van der Waals surface area (Å²) in [6, 6.07) is 3.06. The van der Waals surface area contributed by atoms with Crippen molar-refractivity contribution in [1.82, 2.24) is 20.0 Å². The van der Waals surface area contributed by atoms with E-state index >= 15 is 0 Å². The zero-order chi connectivity index (χ0) is 21.0. The third-order valence-corrected chi connectivity index (χ3v) is 6.95. The number of carbonyl (C=O) groups excluding carboxylic acids is 1. The number of hydrogen-bond acceptors (Lipinski definition) is 4. The van der Waals surface area contributed by atoms with Crippen molar-refractivity contribution in [1.29, 1.82) is 0 Å². The second-order valence-electron chi connectivity index (χ2n) is 7.51. The van der Waals surface area contributed by atoms with E-state index in [0.717, 1.165) is 37.8 Å². The van der Waals surface area contributed by atoms with E-state index in [-0.39, 0.29) is 5.56 Å². The largest absolute Gasteiger partial charge is 0.274 e. The van der Waals surface area contributed by atoms with Gasteiger partial charge in [0.1, 0.15) is 5.82 Å². The number of hydrazine groups is 1. The summed E-state index contributed by atoms with van der Waals surface area (Å²) in [5.41, 5.74) is 3.66. The molecule has 0 unspecified atom stereocenters. The molecule has 1 heterocycles. The molecule has 0 radical (unpaired) electrons. The number of halogens is 1. The number of rotatable bonds is 7. The fourth-order valence-electron chi connectivity index (χ4n) is 3.61. The van der Waals surface area contributed by atoms with Crippen LogP contribution < -0.4 is 10.3 Å². The number of nitrogens with zero attached hydrogens (tertiary/aromatic N) is 2. The van der Waals surface area contributed by atoms with Crippen LogP contribution in [-0.4, -0.2) is 29.4 Å². The molecule has 2 N–H and O–H groups in total. The molecule has 1 amide bonds. The van der Waals surface area contributed by atoms with Crippen LogP contribution in [0.15, 0.2) is 24.5 Å². The summed E-state index contributed by atoms with van der Waals surface area (Å²) in [6.45, 7) is 4.37. The fourth-order valence-corrected chi connectivity index (χ4v) is 4.96. The third-order valence-electron chi connectivity index (χ3n) is 5.22. The predicted octanol–water partition coefficient (Wildman–Crippen LogP) is 3.30. The molecule has 0 bridgehead atoms. The molecule has 1 aromatic carbocycles. The van der Waals surface area contributed by atoms with Crippen molar-refractivity contribution in [3.8, 4) is 11.1 Å². The van der Waals surface area contributed by atoms with Crippen molar-refractivity contribution in [2.45, 2.75) is 64.2 Å². The SMILES string of the molecule is CCCn1cc(-c2cc(C)c(F)c(C(=O)NNS(=O)(=O)C3CCCCC3)c2)cn1. The number of hydrogen-bond donors (Lipinski definition) is 2. The Hall–Kier alpha value is -2.26. The van der Waals surface area contributed by atoms with Crippen molar-refractivity contribution in [3.63, 3.8) is 0 Å². The van der Waals surface area contributed by atoms with E-state index in [2.05, 4.69) is 15.4 Å². The Kier molecular flexibility index (Phi) is 6.69. The lowest BCUT2D eigenvalue weighted by Gasteiger charge is -2.22. The molecule has 3 rings (SSSR count). The predicted molar refractivity (Wildman–Crippen MR) is 109 cm³/mol. The lowest BCUT2D eigenvalue weighted by molar-refractivity contribution is 0.0940. The second-order valence-corrected chi connectivity index (χ2v) is 9.47. The number of aryl methyl sites for hydroxylation is 2. The number of carbonyl (C=O) groups is 1. The summed E-state index contributed by atoms with van der Waals surface area (Å²) in [7, 11) is -3.69. The summed E-state index contributed by atoms with van der Waals surface area (Å²) in [6.07, 6.45) is 8.27. The molecule has 7 nitrogen and oxygen atoms in total. The first-order chi connectivity index (χ1) is 13.8. The smallest absolute Gasteiger partial charge is 0.269 e. The zero-order valence-corrected chi connectivity index (χ0v) is 17.6. The zero-order valence-electron chi connectivity index (χ0n) is 16.7. The van der Waals surface area contributed by atoms with Gasteiger partial charge in [-0.3, -0.25) is 14.9 Å². The molecule has 0 atom stereocenters. The highest BCUT2D eigenvalue weighted by Gasteiger charge is 2.28. The second kappa shape index (κ2) is 9.04. The van der Waals surface area contributed by atoms with E-state index in [0.29, 0.717) is 24.0 Å². The minimum Gasteiger partial charge on any atom is -0.274 e. The van der Waals surface area contributed by atoms with Crippen LogP contribution in [0, 0.1) is 12.7 Å². The molecule has 1 aliphatic carbocycles. The number of nitrogens with one attached hydrogen (secondary N) is 2. The maximum absolute atomic E-state index is 14.6. The van der Waals surface area contributed by atoms with E-state index in [1.165, 1.54) is 6.07 Å². The summed E-state index contributed by atoms with van der Waals surface area (Å²) in [4.78, 5) is 14.7. The van der Waals surface area contributed by atoms with Crippen LogP contribution in [0.1, 0.15) is 61.4 Å². The van der Waals surface area contributed by atoms with Crippen LogP contribution in [-0.2, 0) is 16.6 Å². The summed E-state index contributed by atoms with van der Waals surface area (Å²) < 4.78 is 41.2. The van der Waals surface area contributed by atoms with Gasteiger partial charge in [0.05, 0.1) is 17.0 Å². The van der Waals surface area contributed by atoms with E-state index in [4.69, 9.17) is 0 Å². The molecule has 0 aliphatic heterocycles. The van der Waals surface area contributed by atoms with Crippen LogP contribution in [0.4, 0.5) is 4.39 Å². The first-order valence-corrected chi connectivity index (χ1v) is 11.5. The first kappa shape index (κ1) is 21.4. The Morgan fingerprint density at radius 3 is 2.66 bits per heavy atom. The molecular formula is C20H27FN4O3S. The Balaban J connectivity index is 1.78. The Bertz CT molecular complexity index is 982. The highest BCUT2D eigenvalue weighted by atomic mass is 32.2. The molecule has 2 aromatic rings. The quantitative estimate of drug-likeness (QED) is 0.670. The molecule has 1 aromatic heterocycles. The summed E-state index contributed by atoms with van der Waals surface area (Å²) in [5, 5.41) is 3.73. The van der Waals surface area contributed by atoms with Gasteiger partial charge in [0.25, 0.3) is 5.91 Å². The maximum atomic E-state index is 14.6. The minimum atomic E-state index is -3.69. The minimum absolute atomic E-state index is 0.213. The molecule has 0 saturated heterocycles. The lowest BCUT2D eigenvalue weighted by Crippen LogP contribution is -2.46. The van der Waals surface area contributed by atoms with Gasteiger partial charge in [-0.15, -0.1) is 4.83 Å². The number of sulfonamides is 1. The highest BCUT2D eigenvalue weighted by Crippen LogP contribution is 2.25. The topological polar surface area (TPSA) is 93.1 Å². The van der Waals surface area contributed by atoms with Crippen molar-refractivity contribution >= 4 is 15.9 Å².